The summed E-state index contributed by atoms with van der Waals surface area (Å²) in [4.78, 5) is 7.66. The van der Waals surface area contributed by atoms with Gasteiger partial charge in [0.1, 0.15) is 11.6 Å². The van der Waals surface area contributed by atoms with E-state index in [1.54, 1.807) is 7.11 Å². The van der Waals surface area contributed by atoms with Gasteiger partial charge < -0.3 is 9.64 Å². The number of fused-ring (bicyclic) bond motifs is 2. The summed E-state index contributed by atoms with van der Waals surface area (Å²) in [6.45, 7) is 6.04. The van der Waals surface area contributed by atoms with E-state index in [4.69, 9.17) is 26.4 Å². The summed E-state index contributed by atoms with van der Waals surface area (Å²) in [5.41, 5.74) is 10.6. The first-order valence-corrected chi connectivity index (χ1v) is 12.7. The van der Waals surface area contributed by atoms with Gasteiger partial charge in [-0.1, -0.05) is 35.9 Å². The molecule has 0 atom stereocenters. The fraction of sp³-hybridized carbons (Fsp3) is 0.310. The lowest BCUT2D eigenvalue weighted by Crippen LogP contribution is -2.31. The number of ether oxygens (including phenoxy) is 1. The Balaban J connectivity index is 1.45. The van der Waals surface area contributed by atoms with E-state index >= 15 is 0 Å². The molecule has 5 nitrogen and oxygen atoms in total. The average Bonchev–Trinajstić information content (AvgIpc) is 3.46. The van der Waals surface area contributed by atoms with Gasteiger partial charge in [-0.05, 0) is 86.1 Å². The number of hydrogen-bond donors (Lipinski definition) is 0. The maximum atomic E-state index is 6.10. The van der Waals surface area contributed by atoms with Gasteiger partial charge >= 0.3 is 0 Å². The van der Waals surface area contributed by atoms with Crippen LogP contribution in [0.1, 0.15) is 40.9 Å². The summed E-state index contributed by atoms with van der Waals surface area (Å²) < 4.78 is 7.55. The second-order valence-electron chi connectivity index (χ2n) is 9.52. The smallest absolute Gasteiger partial charge is 0.165 e. The topological polar surface area (TPSA) is 42.7 Å². The van der Waals surface area contributed by atoms with Crippen LogP contribution in [0.3, 0.4) is 0 Å². The lowest BCUT2D eigenvalue weighted by molar-refractivity contribution is 0.414. The molecule has 0 spiro atoms. The maximum absolute atomic E-state index is 6.10. The summed E-state index contributed by atoms with van der Waals surface area (Å²) in [7, 11) is 1.71. The Morgan fingerprint density at radius 1 is 1.00 bits per heavy atom. The van der Waals surface area contributed by atoms with Crippen LogP contribution >= 0.6 is 11.6 Å². The zero-order valence-electron chi connectivity index (χ0n) is 20.4. The fourth-order valence-corrected chi connectivity index (χ4v) is 5.71. The Morgan fingerprint density at radius 3 is 2.54 bits per heavy atom. The Bertz CT molecular complexity index is 1470. The van der Waals surface area contributed by atoms with E-state index < -0.39 is 0 Å². The van der Waals surface area contributed by atoms with Crippen LogP contribution in [0.15, 0.2) is 48.5 Å². The summed E-state index contributed by atoms with van der Waals surface area (Å²) >= 11 is 6.10. The third-order valence-corrected chi connectivity index (χ3v) is 7.61. The molecule has 0 radical (unpaired) electrons. The standard InChI is InChI=1S/C29H29ClN4O/c1-18-17-23(35-3)11-12-24(18)27-19(2)32-34-28(27)31-26-6-4-5-25(26)29(34)33-15-13-21(14-16-33)20-7-9-22(30)10-8-20/h7-13,17H,4-6,14-16H2,1-3H3. The largest absolute Gasteiger partial charge is 0.497 e. The summed E-state index contributed by atoms with van der Waals surface area (Å²) in [6, 6.07) is 14.4. The second-order valence-corrected chi connectivity index (χ2v) is 9.96. The number of nitrogens with zero attached hydrogens (tertiary/aromatic N) is 4. The van der Waals surface area contributed by atoms with Crippen molar-refractivity contribution >= 4 is 28.6 Å². The van der Waals surface area contributed by atoms with Gasteiger partial charge in [-0.25, -0.2) is 4.98 Å². The lowest BCUT2D eigenvalue weighted by Gasteiger charge is -2.30. The highest BCUT2D eigenvalue weighted by Crippen LogP contribution is 2.38. The van der Waals surface area contributed by atoms with Crippen molar-refractivity contribution in [2.24, 2.45) is 0 Å². The quantitative estimate of drug-likeness (QED) is 0.333. The average molecular weight is 485 g/mol. The van der Waals surface area contributed by atoms with Crippen LogP contribution in [-0.2, 0) is 12.8 Å². The van der Waals surface area contributed by atoms with Crippen molar-refractivity contribution in [2.45, 2.75) is 39.5 Å². The predicted octanol–water partition coefficient (Wildman–Crippen LogP) is 6.46. The van der Waals surface area contributed by atoms with Crippen LogP contribution in [0.25, 0.3) is 22.3 Å². The minimum absolute atomic E-state index is 0.776. The van der Waals surface area contributed by atoms with Crippen LogP contribution in [-0.4, -0.2) is 34.8 Å². The molecular formula is C29H29ClN4O. The number of benzene rings is 2. The molecule has 2 aliphatic rings. The van der Waals surface area contributed by atoms with E-state index in [0.717, 1.165) is 66.4 Å². The number of halogens is 1. The van der Waals surface area contributed by atoms with Crippen LogP contribution in [0.5, 0.6) is 5.75 Å². The number of anilines is 1. The Morgan fingerprint density at radius 2 is 1.83 bits per heavy atom. The maximum Gasteiger partial charge on any atom is 0.165 e. The molecule has 178 valence electrons. The minimum atomic E-state index is 0.776. The van der Waals surface area contributed by atoms with Gasteiger partial charge in [-0.3, -0.25) is 0 Å². The molecule has 0 unspecified atom stereocenters. The van der Waals surface area contributed by atoms with Crippen molar-refractivity contribution in [2.75, 3.05) is 25.1 Å². The molecule has 0 bridgehead atoms. The van der Waals surface area contributed by atoms with Crippen LogP contribution in [0.2, 0.25) is 5.02 Å². The molecule has 0 N–H and O–H groups in total. The summed E-state index contributed by atoms with van der Waals surface area (Å²) in [6.07, 6.45) is 6.59. The van der Waals surface area contributed by atoms with Gasteiger partial charge in [-0.2, -0.15) is 9.61 Å². The van der Waals surface area contributed by atoms with Crippen LogP contribution < -0.4 is 9.64 Å². The Hall–Kier alpha value is -3.31. The molecule has 6 heteroatoms. The molecule has 1 aliphatic carbocycles. The first-order chi connectivity index (χ1) is 17.0. The molecule has 0 saturated carbocycles. The van der Waals surface area contributed by atoms with E-state index in [1.807, 2.05) is 18.2 Å². The van der Waals surface area contributed by atoms with E-state index in [9.17, 15) is 0 Å². The number of aryl methyl sites for hydroxylation is 3. The van der Waals surface area contributed by atoms with Crippen molar-refractivity contribution < 1.29 is 4.74 Å². The van der Waals surface area contributed by atoms with E-state index in [1.165, 1.54) is 39.3 Å². The van der Waals surface area contributed by atoms with Crippen LogP contribution in [0, 0.1) is 13.8 Å². The van der Waals surface area contributed by atoms with Gasteiger partial charge in [-0.15, -0.1) is 0 Å². The number of aromatic nitrogens is 3. The van der Waals surface area contributed by atoms with E-state index in [2.05, 4.69) is 53.6 Å². The Labute approximate surface area is 211 Å². The molecule has 3 heterocycles. The van der Waals surface area contributed by atoms with Crippen molar-refractivity contribution in [3.63, 3.8) is 0 Å². The third-order valence-electron chi connectivity index (χ3n) is 7.36. The zero-order valence-corrected chi connectivity index (χ0v) is 21.2. The van der Waals surface area contributed by atoms with Crippen molar-refractivity contribution in [3.8, 4) is 16.9 Å². The van der Waals surface area contributed by atoms with E-state index in [-0.39, 0.29) is 0 Å². The lowest BCUT2D eigenvalue weighted by atomic mass is 9.99. The number of methoxy groups -OCH3 is 1. The molecule has 0 saturated heterocycles. The molecule has 0 fully saturated rings. The molecule has 0 amide bonds. The SMILES string of the molecule is COc1ccc(-c2c(C)nn3c(N4CC=C(c5ccc(Cl)cc5)CC4)c4c(nc23)CCC4)c(C)c1. The summed E-state index contributed by atoms with van der Waals surface area (Å²) in [5, 5.41) is 5.83. The van der Waals surface area contributed by atoms with Crippen molar-refractivity contribution in [3.05, 3.63) is 81.6 Å². The fourth-order valence-electron chi connectivity index (χ4n) is 5.59. The molecule has 6 rings (SSSR count). The second kappa shape index (κ2) is 8.72. The van der Waals surface area contributed by atoms with Gasteiger partial charge in [0, 0.05) is 34.9 Å². The molecule has 1 aliphatic heterocycles. The van der Waals surface area contributed by atoms with Gasteiger partial charge in [0.05, 0.1) is 12.8 Å². The molecule has 2 aromatic heterocycles. The van der Waals surface area contributed by atoms with Crippen LogP contribution in [0.4, 0.5) is 5.82 Å². The predicted molar refractivity (Wildman–Crippen MR) is 143 cm³/mol. The highest BCUT2D eigenvalue weighted by molar-refractivity contribution is 6.30. The normalized spacial score (nSPS) is 15.4. The zero-order chi connectivity index (χ0) is 24.1. The molecule has 35 heavy (non-hydrogen) atoms. The molecule has 4 aromatic rings. The first-order valence-electron chi connectivity index (χ1n) is 12.3. The van der Waals surface area contributed by atoms with Crippen molar-refractivity contribution in [1.82, 2.24) is 14.6 Å². The van der Waals surface area contributed by atoms with Crippen molar-refractivity contribution in [1.29, 1.82) is 0 Å². The highest BCUT2D eigenvalue weighted by atomic mass is 35.5. The van der Waals surface area contributed by atoms with Gasteiger partial charge in [0.2, 0.25) is 0 Å². The summed E-state index contributed by atoms with van der Waals surface area (Å²) in [5.74, 6) is 2.08. The molecular weight excluding hydrogens is 456 g/mol. The number of hydrogen-bond acceptors (Lipinski definition) is 4. The van der Waals surface area contributed by atoms with Gasteiger partial charge in [0.15, 0.2) is 5.65 Å². The Kier molecular flexibility index (Phi) is 5.53. The molecule has 2 aromatic carbocycles. The first kappa shape index (κ1) is 22.2. The highest BCUT2D eigenvalue weighted by Gasteiger charge is 2.28. The monoisotopic (exact) mass is 484 g/mol. The van der Waals surface area contributed by atoms with Gasteiger partial charge in [0.25, 0.3) is 0 Å². The minimum Gasteiger partial charge on any atom is -0.497 e. The van der Waals surface area contributed by atoms with E-state index in [0.29, 0.717) is 0 Å². The third kappa shape index (κ3) is 3.79. The number of rotatable bonds is 4.